The maximum atomic E-state index is 12.8. The molecule has 2 N–H and O–H groups in total. The van der Waals surface area contributed by atoms with Crippen molar-refractivity contribution in [3.05, 3.63) is 75.6 Å². The van der Waals surface area contributed by atoms with Gasteiger partial charge in [-0.1, -0.05) is 35.9 Å². The van der Waals surface area contributed by atoms with Gasteiger partial charge in [0.05, 0.1) is 22.1 Å². The number of guanidine groups is 1. The molecule has 0 saturated heterocycles. The lowest BCUT2D eigenvalue weighted by atomic mass is 10.0. The normalized spacial score (nSPS) is 14.8. The highest BCUT2D eigenvalue weighted by molar-refractivity contribution is 7.86. The van der Waals surface area contributed by atoms with E-state index in [1.165, 1.54) is 11.3 Å². The van der Waals surface area contributed by atoms with Crippen LogP contribution in [-0.2, 0) is 28.7 Å². The van der Waals surface area contributed by atoms with Gasteiger partial charge < -0.3 is 10.2 Å². The average molecular weight is 498 g/mol. The van der Waals surface area contributed by atoms with E-state index in [2.05, 4.69) is 21.1 Å². The molecular weight excluding hydrogens is 478 g/mol. The number of nitrogens with zero attached hydrogens (tertiary/aromatic N) is 3. The van der Waals surface area contributed by atoms with Crippen molar-refractivity contribution in [1.29, 1.82) is 5.26 Å². The third-order valence-corrected chi connectivity index (χ3v) is 7.78. The topological polar surface area (TPSA) is 97.6 Å². The number of anilines is 2. The number of nitriles is 1. The summed E-state index contributed by atoms with van der Waals surface area (Å²) in [6, 6.07) is 18.7. The van der Waals surface area contributed by atoms with Gasteiger partial charge in [-0.3, -0.25) is 14.5 Å². The fourth-order valence-corrected chi connectivity index (χ4v) is 5.77. The molecule has 3 aromatic rings. The SMILES string of the molecule is CN=C(Nc1ccc(N2Cc3ccccc3CCC2=O)c(C#N)c1)NS(=O)c1ccc(Cl)s1. The summed E-state index contributed by atoms with van der Waals surface area (Å²) in [5.41, 5.74) is 3.72. The Hall–Kier alpha value is -3.19. The molecule has 1 aliphatic rings. The summed E-state index contributed by atoms with van der Waals surface area (Å²) in [5.74, 6) is 0.250. The number of carbonyl (C=O) groups excluding carboxylic acids is 1. The van der Waals surface area contributed by atoms with Gasteiger partial charge in [-0.05, 0) is 47.9 Å². The predicted octanol–water partition coefficient (Wildman–Crippen LogP) is 4.46. The first-order chi connectivity index (χ1) is 16.0. The van der Waals surface area contributed by atoms with Gasteiger partial charge in [0.1, 0.15) is 10.3 Å². The van der Waals surface area contributed by atoms with Crippen LogP contribution in [0.1, 0.15) is 23.1 Å². The fraction of sp³-hybridized carbons (Fsp3) is 0.174. The van der Waals surface area contributed by atoms with Crippen molar-refractivity contribution in [3.8, 4) is 6.07 Å². The standard InChI is InChI=1S/C23H20ClN5O2S2/c1-26-23(28-33(31)22-11-9-20(24)32-22)27-18-7-8-19(17(12-18)13-25)29-14-16-5-3-2-4-15(16)6-10-21(29)30/h2-5,7-9,11-12H,6,10,14H2,1H3,(H2,26,27,28). The van der Waals surface area contributed by atoms with E-state index in [4.69, 9.17) is 11.6 Å². The lowest BCUT2D eigenvalue weighted by molar-refractivity contribution is -0.118. The van der Waals surface area contributed by atoms with Crippen LogP contribution in [-0.4, -0.2) is 23.1 Å². The number of thiophene rings is 1. The monoisotopic (exact) mass is 497 g/mol. The van der Waals surface area contributed by atoms with Crippen molar-refractivity contribution < 1.29 is 9.00 Å². The van der Waals surface area contributed by atoms with Gasteiger partial charge in [0.25, 0.3) is 0 Å². The van der Waals surface area contributed by atoms with E-state index >= 15 is 0 Å². The predicted molar refractivity (Wildman–Crippen MR) is 133 cm³/mol. The molecule has 2 heterocycles. The van der Waals surface area contributed by atoms with Gasteiger partial charge in [-0.25, -0.2) is 4.21 Å². The van der Waals surface area contributed by atoms with Crippen molar-refractivity contribution in [2.75, 3.05) is 17.3 Å². The van der Waals surface area contributed by atoms with Crippen LogP contribution >= 0.6 is 22.9 Å². The quantitative estimate of drug-likeness (QED) is 0.410. The minimum absolute atomic E-state index is 0.0223. The first kappa shape index (κ1) is 23.0. The Morgan fingerprint density at radius 3 is 2.67 bits per heavy atom. The Morgan fingerprint density at radius 1 is 1.18 bits per heavy atom. The Morgan fingerprint density at radius 2 is 1.97 bits per heavy atom. The molecule has 0 fully saturated rings. The highest BCUT2D eigenvalue weighted by Crippen LogP contribution is 2.29. The number of aliphatic imine (C=N–C) groups is 1. The first-order valence-corrected chi connectivity index (χ1v) is 12.4. The molecule has 33 heavy (non-hydrogen) atoms. The van der Waals surface area contributed by atoms with E-state index in [0.717, 1.165) is 11.1 Å². The van der Waals surface area contributed by atoms with Gasteiger partial charge in [0.15, 0.2) is 11.0 Å². The van der Waals surface area contributed by atoms with Crippen LogP contribution in [0.25, 0.3) is 0 Å². The summed E-state index contributed by atoms with van der Waals surface area (Å²) < 4.78 is 16.4. The second kappa shape index (κ2) is 10.2. The third kappa shape index (κ3) is 5.25. The number of amides is 1. The highest BCUT2D eigenvalue weighted by atomic mass is 35.5. The number of hydrogen-bond acceptors (Lipinski definition) is 5. The average Bonchev–Trinajstić information content (AvgIpc) is 3.20. The number of benzene rings is 2. The molecule has 1 aliphatic heterocycles. The molecule has 1 unspecified atom stereocenters. The summed E-state index contributed by atoms with van der Waals surface area (Å²) in [4.78, 5) is 18.6. The first-order valence-electron chi connectivity index (χ1n) is 10.1. The molecule has 0 spiro atoms. The zero-order valence-corrected chi connectivity index (χ0v) is 20.1. The molecule has 168 valence electrons. The van der Waals surface area contributed by atoms with Crippen molar-refractivity contribution >= 4 is 57.2 Å². The molecule has 0 saturated carbocycles. The summed E-state index contributed by atoms with van der Waals surface area (Å²) in [6.07, 6.45) is 1.07. The van der Waals surface area contributed by atoms with E-state index in [1.807, 2.05) is 24.3 Å². The van der Waals surface area contributed by atoms with E-state index in [0.29, 0.717) is 44.9 Å². The summed E-state index contributed by atoms with van der Waals surface area (Å²) >= 11 is 7.13. The number of aryl methyl sites for hydroxylation is 1. The maximum Gasteiger partial charge on any atom is 0.227 e. The van der Waals surface area contributed by atoms with Gasteiger partial charge in [0.2, 0.25) is 11.9 Å². The number of carbonyl (C=O) groups is 1. The minimum Gasteiger partial charge on any atom is -0.326 e. The molecule has 1 aromatic heterocycles. The van der Waals surface area contributed by atoms with Crippen LogP contribution in [0, 0.1) is 11.3 Å². The highest BCUT2D eigenvalue weighted by Gasteiger charge is 2.24. The number of hydrogen-bond donors (Lipinski definition) is 2. The summed E-state index contributed by atoms with van der Waals surface area (Å²) in [5, 5.41) is 12.8. The number of halogens is 1. The fourth-order valence-electron chi connectivity index (χ4n) is 3.55. The van der Waals surface area contributed by atoms with Gasteiger partial charge in [0, 0.05) is 19.2 Å². The van der Waals surface area contributed by atoms with Gasteiger partial charge in [-0.15, -0.1) is 11.3 Å². The van der Waals surface area contributed by atoms with Crippen LogP contribution in [0.5, 0.6) is 0 Å². The van der Waals surface area contributed by atoms with Crippen LogP contribution < -0.4 is 14.9 Å². The number of rotatable bonds is 4. The minimum atomic E-state index is -1.54. The molecular formula is C23H20ClN5O2S2. The molecule has 0 radical (unpaired) electrons. The van der Waals surface area contributed by atoms with E-state index < -0.39 is 11.0 Å². The van der Waals surface area contributed by atoms with Crippen molar-refractivity contribution in [2.24, 2.45) is 4.99 Å². The number of nitrogens with one attached hydrogen (secondary N) is 2. The van der Waals surface area contributed by atoms with Crippen molar-refractivity contribution in [1.82, 2.24) is 4.72 Å². The Balaban J connectivity index is 1.54. The van der Waals surface area contributed by atoms with E-state index in [-0.39, 0.29) is 11.9 Å². The lowest BCUT2D eigenvalue weighted by Gasteiger charge is -2.23. The molecule has 10 heteroatoms. The van der Waals surface area contributed by atoms with E-state index in [1.54, 1.807) is 42.3 Å². The second-order valence-electron chi connectivity index (χ2n) is 7.22. The molecule has 2 aromatic carbocycles. The van der Waals surface area contributed by atoms with Crippen LogP contribution in [0.2, 0.25) is 4.34 Å². The van der Waals surface area contributed by atoms with Crippen molar-refractivity contribution in [2.45, 2.75) is 23.6 Å². The largest absolute Gasteiger partial charge is 0.326 e. The number of fused-ring (bicyclic) bond motifs is 1. The van der Waals surface area contributed by atoms with Crippen LogP contribution in [0.3, 0.4) is 0 Å². The molecule has 0 bridgehead atoms. The molecule has 1 atom stereocenters. The lowest BCUT2D eigenvalue weighted by Crippen LogP contribution is -2.32. The van der Waals surface area contributed by atoms with Crippen LogP contribution in [0.15, 0.2) is 63.8 Å². The molecule has 1 amide bonds. The summed E-state index contributed by atoms with van der Waals surface area (Å²) in [7, 11) is 0.0199. The second-order valence-corrected chi connectivity index (χ2v) is 10.4. The molecule has 7 nitrogen and oxygen atoms in total. The van der Waals surface area contributed by atoms with E-state index in [9.17, 15) is 14.3 Å². The molecule has 0 aliphatic carbocycles. The molecule has 4 rings (SSSR count). The Labute approximate surface area is 203 Å². The van der Waals surface area contributed by atoms with Gasteiger partial charge in [-0.2, -0.15) is 5.26 Å². The zero-order valence-electron chi connectivity index (χ0n) is 17.7. The van der Waals surface area contributed by atoms with Crippen molar-refractivity contribution in [3.63, 3.8) is 0 Å². The zero-order chi connectivity index (χ0) is 23.4. The summed E-state index contributed by atoms with van der Waals surface area (Å²) in [6.45, 7) is 0.419. The van der Waals surface area contributed by atoms with Crippen LogP contribution in [0.4, 0.5) is 11.4 Å². The van der Waals surface area contributed by atoms with Gasteiger partial charge >= 0.3 is 0 Å². The Kier molecular flexibility index (Phi) is 7.08. The third-order valence-electron chi connectivity index (χ3n) is 5.17. The maximum absolute atomic E-state index is 12.8. The Bertz CT molecular complexity index is 1300. The smallest absolute Gasteiger partial charge is 0.227 e.